The standard InChI is InChI=1S/C33H62O9/c1-4-7-10-13-16-19-22-26(35)30(38)32(40)33(41,28(36)23-20-17-14-11-8-5-2)31(39)27(25-34)42-29(37)24-21-18-15-12-9-6-3/h27,30-32,34,38-41H,4-25H2,1-3H3/t27-,30?,31-,32+,33+/m1/s1. The Bertz CT molecular complexity index is 714. The van der Waals surface area contributed by atoms with E-state index in [-0.39, 0.29) is 19.3 Å². The molecule has 42 heavy (non-hydrogen) atoms. The molecule has 248 valence electrons. The molecule has 0 aromatic heterocycles. The van der Waals surface area contributed by atoms with Crippen LogP contribution < -0.4 is 0 Å². The summed E-state index contributed by atoms with van der Waals surface area (Å²) in [4.78, 5) is 38.5. The van der Waals surface area contributed by atoms with Crippen LogP contribution in [0.1, 0.15) is 156 Å². The maximum Gasteiger partial charge on any atom is 0.306 e. The summed E-state index contributed by atoms with van der Waals surface area (Å²) < 4.78 is 5.23. The molecular formula is C33H62O9. The summed E-state index contributed by atoms with van der Waals surface area (Å²) in [5, 5.41) is 54.2. The molecule has 5 atom stereocenters. The number of aliphatic hydroxyl groups is 5. The lowest BCUT2D eigenvalue weighted by molar-refractivity contribution is -0.212. The van der Waals surface area contributed by atoms with E-state index in [0.29, 0.717) is 25.7 Å². The van der Waals surface area contributed by atoms with Crippen molar-refractivity contribution in [2.75, 3.05) is 6.61 Å². The molecule has 0 bridgehead atoms. The van der Waals surface area contributed by atoms with Gasteiger partial charge in [0.05, 0.1) is 6.61 Å². The first-order valence-electron chi connectivity index (χ1n) is 16.7. The summed E-state index contributed by atoms with van der Waals surface area (Å²) in [7, 11) is 0. The average molecular weight is 603 g/mol. The van der Waals surface area contributed by atoms with E-state index in [1.165, 1.54) is 0 Å². The molecule has 5 N–H and O–H groups in total. The summed E-state index contributed by atoms with van der Waals surface area (Å²) in [6.45, 7) is 5.37. The Morgan fingerprint density at radius 2 is 1.00 bits per heavy atom. The summed E-state index contributed by atoms with van der Waals surface area (Å²) in [5.74, 6) is -2.45. The Balaban J connectivity index is 5.50. The van der Waals surface area contributed by atoms with Crippen LogP contribution in [0.4, 0.5) is 0 Å². The van der Waals surface area contributed by atoms with Crippen molar-refractivity contribution in [2.24, 2.45) is 0 Å². The molecule has 0 aliphatic heterocycles. The van der Waals surface area contributed by atoms with Crippen molar-refractivity contribution in [1.82, 2.24) is 0 Å². The minimum absolute atomic E-state index is 0.0292. The normalized spacial score (nSPS) is 15.9. The maximum atomic E-state index is 13.3. The number of ketones is 2. The van der Waals surface area contributed by atoms with Gasteiger partial charge in [-0.1, -0.05) is 117 Å². The number of Topliss-reactive ketones (excluding diaryl/α,β-unsaturated/α-hetero) is 2. The summed E-state index contributed by atoms with van der Waals surface area (Å²) in [5.41, 5.74) is -3.02. The zero-order valence-corrected chi connectivity index (χ0v) is 26.7. The fourth-order valence-corrected chi connectivity index (χ4v) is 5.18. The van der Waals surface area contributed by atoms with Crippen LogP contribution >= 0.6 is 0 Å². The molecule has 0 radical (unpaired) electrons. The number of esters is 1. The van der Waals surface area contributed by atoms with Crippen molar-refractivity contribution in [2.45, 2.75) is 186 Å². The first kappa shape index (κ1) is 40.6. The Labute approximate surface area is 254 Å². The molecular weight excluding hydrogens is 540 g/mol. The maximum absolute atomic E-state index is 13.3. The summed E-state index contributed by atoms with van der Waals surface area (Å²) in [6, 6.07) is 0. The molecule has 1 unspecified atom stereocenters. The van der Waals surface area contributed by atoms with Crippen LogP contribution in [-0.4, -0.2) is 79.7 Å². The van der Waals surface area contributed by atoms with E-state index in [9.17, 15) is 39.9 Å². The zero-order chi connectivity index (χ0) is 31.8. The number of rotatable bonds is 29. The van der Waals surface area contributed by atoms with E-state index < -0.39 is 54.2 Å². The van der Waals surface area contributed by atoms with Gasteiger partial charge in [-0.25, -0.2) is 0 Å². The lowest BCUT2D eigenvalue weighted by Gasteiger charge is -2.39. The molecule has 0 aromatic carbocycles. The molecule has 0 saturated heterocycles. The van der Waals surface area contributed by atoms with E-state index in [2.05, 4.69) is 20.8 Å². The zero-order valence-electron chi connectivity index (χ0n) is 26.7. The quantitative estimate of drug-likeness (QED) is 0.0580. The third-order valence-corrected chi connectivity index (χ3v) is 8.06. The largest absolute Gasteiger partial charge is 0.457 e. The number of unbranched alkanes of at least 4 members (excludes halogenated alkanes) is 15. The lowest BCUT2D eigenvalue weighted by Crippen LogP contribution is -2.66. The smallest absolute Gasteiger partial charge is 0.306 e. The SMILES string of the molecule is CCCCCCCCC(=O)O[C@H](CO)[C@@H](O)[C@@](O)(C(=O)CCCCCCCC)[C@@H](O)C(O)C(=O)CCCCCCCC. The highest BCUT2D eigenvalue weighted by Gasteiger charge is 2.55. The van der Waals surface area contributed by atoms with Crippen molar-refractivity contribution in [3.8, 4) is 0 Å². The number of aliphatic hydroxyl groups excluding tert-OH is 4. The van der Waals surface area contributed by atoms with Gasteiger partial charge in [-0.15, -0.1) is 0 Å². The Morgan fingerprint density at radius 3 is 1.45 bits per heavy atom. The molecule has 0 heterocycles. The van der Waals surface area contributed by atoms with Crippen LogP contribution in [0.2, 0.25) is 0 Å². The molecule has 0 aromatic rings. The van der Waals surface area contributed by atoms with Gasteiger partial charge >= 0.3 is 5.97 Å². The molecule has 9 nitrogen and oxygen atoms in total. The van der Waals surface area contributed by atoms with Crippen molar-refractivity contribution in [3.05, 3.63) is 0 Å². The van der Waals surface area contributed by atoms with Gasteiger partial charge in [-0.2, -0.15) is 0 Å². The third-order valence-electron chi connectivity index (χ3n) is 8.06. The van der Waals surface area contributed by atoms with Gasteiger partial charge in [0.2, 0.25) is 0 Å². The second-order valence-corrected chi connectivity index (χ2v) is 11.8. The van der Waals surface area contributed by atoms with Crippen LogP contribution in [-0.2, 0) is 19.1 Å². The van der Waals surface area contributed by atoms with Gasteiger partial charge in [0, 0.05) is 19.3 Å². The molecule has 0 spiro atoms. The van der Waals surface area contributed by atoms with E-state index in [0.717, 1.165) is 89.9 Å². The second kappa shape index (κ2) is 25.0. The fourth-order valence-electron chi connectivity index (χ4n) is 5.18. The Kier molecular flexibility index (Phi) is 24.2. The number of carbonyl (C=O) groups is 3. The van der Waals surface area contributed by atoms with Crippen molar-refractivity contribution >= 4 is 17.5 Å². The van der Waals surface area contributed by atoms with Crippen LogP contribution in [0.25, 0.3) is 0 Å². The van der Waals surface area contributed by atoms with E-state index in [4.69, 9.17) is 4.74 Å². The van der Waals surface area contributed by atoms with E-state index in [1.807, 2.05) is 0 Å². The topological polar surface area (TPSA) is 162 Å². The molecule has 0 rings (SSSR count). The van der Waals surface area contributed by atoms with Gasteiger partial charge in [0.25, 0.3) is 0 Å². The van der Waals surface area contributed by atoms with Gasteiger partial charge < -0.3 is 30.3 Å². The van der Waals surface area contributed by atoms with Gasteiger partial charge in [0.1, 0.15) is 18.3 Å². The second-order valence-electron chi connectivity index (χ2n) is 11.8. The van der Waals surface area contributed by atoms with Gasteiger partial charge in [-0.3, -0.25) is 14.4 Å². The first-order chi connectivity index (χ1) is 20.1. The fraction of sp³-hybridized carbons (Fsp3) is 0.909. The number of carbonyl (C=O) groups excluding carboxylic acids is 3. The third kappa shape index (κ3) is 15.9. The molecule has 0 fully saturated rings. The van der Waals surface area contributed by atoms with E-state index in [1.54, 1.807) is 0 Å². The molecule has 9 heteroatoms. The lowest BCUT2D eigenvalue weighted by atomic mass is 9.78. The Hall–Kier alpha value is -1.39. The highest BCUT2D eigenvalue weighted by Crippen LogP contribution is 2.28. The van der Waals surface area contributed by atoms with Crippen LogP contribution in [0.3, 0.4) is 0 Å². The van der Waals surface area contributed by atoms with Crippen molar-refractivity contribution in [1.29, 1.82) is 0 Å². The van der Waals surface area contributed by atoms with E-state index >= 15 is 0 Å². The van der Waals surface area contributed by atoms with Crippen LogP contribution in [0, 0.1) is 0 Å². The molecule has 0 saturated carbocycles. The predicted octanol–water partition coefficient (Wildman–Crippen LogP) is 5.09. The number of hydrogen-bond donors (Lipinski definition) is 5. The summed E-state index contributed by atoms with van der Waals surface area (Å²) in [6.07, 6.45) is 7.31. The molecule has 0 aliphatic carbocycles. The predicted molar refractivity (Wildman–Crippen MR) is 164 cm³/mol. The van der Waals surface area contributed by atoms with Crippen LogP contribution in [0.15, 0.2) is 0 Å². The highest BCUT2D eigenvalue weighted by molar-refractivity contribution is 5.91. The minimum atomic E-state index is -3.02. The van der Waals surface area contributed by atoms with Crippen molar-refractivity contribution < 1.29 is 44.7 Å². The van der Waals surface area contributed by atoms with Crippen LogP contribution in [0.5, 0.6) is 0 Å². The highest BCUT2D eigenvalue weighted by atomic mass is 16.6. The number of hydrogen-bond acceptors (Lipinski definition) is 9. The van der Waals surface area contributed by atoms with Crippen molar-refractivity contribution in [3.63, 3.8) is 0 Å². The van der Waals surface area contributed by atoms with Gasteiger partial charge in [0.15, 0.2) is 23.3 Å². The average Bonchev–Trinajstić information content (AvgIpc) is 2.99. The monoisotopic (exact) mass is 602 g/mol. The minimum Gasteiger partial charge on any atom is -0.457 e. The number of ether oxygens (including phenoxy) is 1. The summed E-state index contributed by atoms with van der Waals surface area (Å²) >= 11 is 0. The first-order valence-corrected chi connectivity index (χ1v) is 16.7. The molecule has 0 amide bonds. The Morgan fingerprint density at radius 1 is 0.595 bits per heavy atom. The molecule has 0 aliphatic rings. The van der Waals surface area contributed by atoms with Gasteiger partial charge in [-0.05, 0) is 19.3 Å².